The van der Waals surface area contributed by atoms with Gasteiger partial charge in [-0.2, -0.15) is 0 Å². The number of rotatable bonds is 7. The largest absolute Gasteiger partial charge is 0.385 e. The second-order valence-corrected chi connectivity index (χ2v) is 10.2. The Morgan fingerprint density at radius 1 is 0.865 bits per heavy atom. The first-order valence-corrected chi connectivity index (χ1v) is 12.6. The summed E-state index contributed by atoms with van der Waals surface area (Å²) in [6.07, 6.45) is -1.02. The van der Waals surface area contributed by atoms with E-state index < -0.39 is 16.0 Å². The maximum atomic E-state index is 11.1. The first kappa shape index (κ1) is 23.2. The Bertz CT molecular complexity index is 1540. The second kappa shape index (κ2) is 9.02. The molecule has 4 aromatic rings. The van der Waals surface area contributed by atoms with Crippen molar-refractivity contribution in [3.05, 3.63) is 91.5 Å². The Morgan fingerprint density at radius 2 is 1.41 bits per heavy atom. The van der Waals surface area contributed by atoms with E-state index in [0.29, 0.717) is 27.3 Å². The van der Waals surface area contributed by atoms with Crippen LogP contribution in [-0.4, -0.2) is 44.7 Å². The van der Waals surface area contributed by atoms with E-state index in [0.717, 1.165) is 0 Å². The summed E-state index contributed by atoms with van der Waals surface area (Å²) < 4.78 is 3.21. The van der Waals surface area contributed by atoms with Gasteiger partial charge in [-0.15, -0.1) is 20.4 Å². The number of thioether (sulfide) groups is 2. The van der Waals surface area contributed by atoms with Gasteiger partial charge in [-0.05, 0) is 11.1 Å². The monoisotopic (exact) mass is 540 g/mol. The quantitative estimate of drug-likeness (QED) is 0.229. The summed E-state index contributed by atoms with van der Waals surface area (Å²) in [7, 11) is 0. The molecule has 6 rings (SSSR count). The lowest BCUT2D eigenvalue weighted by Crippen LogP contribution is -2.21. The van der Waals surface area contributed by atoms with Crippen molar-refractivity contribution in [1.29, 1.82) is 0 Å². The molecule has 0 fully saturated rings. The zero-order valence-electron chi connectivity index (χ0n) is 18.5. The summed E-state index contributed by atoms with van der Waals surface area (Å²) in [4.78, 5) is 21.4. The highest BCUT2D eigenvalue weighted by atomic mass is 32.2. The van der Waals surface area contributed by atoms with Gasteiger partial charge in [0.15, 0.2) is 11.6 Å². The molecule has 3 unspecified atom stereocenters. The maximum absolute atomic E-state index is 11.1. The molecular formula is C20H16N10O5S2. The summed E-state index contributed by atoms with van der Waals surface area (Å²) in [6, 6.07) is 12.6. The molecule has 37 heavy (non-hydrogen) atoms. The predicted molar refractivity (Wildman–Crippen MR) is 131 cm³/mol. The van der Waals surface area contributed by atoms with Crippen LogP contribution in [0, 0.1) is 20.2 Å². The second-order valence-electron chi connectivity index (χ2n) is 8.09. The Kier molecular flexibility index (Phi) is 5.65. The average molecular weight is 541 g/mol. The number of hydrogen-bond acceptors (Lipinski definition) is 13. The molecule has 2 aromatic heterocycles. The van der Waals surface area contributed by atoms with Gasteiger partial charge < -0.3 is 16.0 Å². The minimum absolute atomic E-state index is 0.00680. The summed E-state index contributed by atoms with van der Waals surface area (Å²) in [6.45, 7) is 0. The fraction of sp³-hybridized carbons (Fsp3) is 0.200. The van der Waals surface area contributed by atoms with E-state index in [1.54, 1.807) is 33.6 Å². The van der Waals surface area contributed by atoms with Gasteiger partial charge in [-0.1, -0.05) is 47.8 Å². The number of nitrogens with one attached hydrogen (secondary N) is 2. The van der Waals surface area contributed by atoms with E-state index in [-0.39, 0.29) is 34.4 Å². The molecule has 0 spiro atoms. The van der Waals surface area contributed by atoms with Gasteiger partial charge in [-0.3, -0.25) is 20.2 Å². The number of aromatic nitrogens is 6. The van der Waals surface area contributed by atoms with Crippen molar-refractivity contribution in [2.24, 2.45) is 0 Å². The zero-order chi connectivity index (χ0) is 25.7. The van der Waals surface area contributed by atoms with Crippen LogP contribution in [0.4, 0.5) is 11.4 Å². The Hall–Kier alpha value is -4.22. The van der Waals surface area contributed by atoms with Crippen LogP contribution in [0.1, 0.15) is 39.6 Å². The van der Waals surface area contributed by atoms with Gasteiger partial charge in [0, 0.05) is 30.7 Å². The summed E-state index contributed by atoms with van der Waals surface area (Å²) in [5, 5.41) is 50.2. The SMILES string of the molecule is O=[N+]([O-])c1cccc(C2Nn3c(CC(O)c4nnc5n4NC(c4cccc([N+](=O)[O-])c4)S5)nnc3S2)c1. The van der Waals surface area contributed by atoms with Crippen molar-refractivity contribution in [2.45, 2.75) is 33.6 Å². The zero-order valence-corrected chi connectivity index (χ0v) is 20.2. The third-order valence-corrected chi connectivity index (χ3v) is 7.92. The topological polar surface area (TPSA) is 192 Å². The summed E-state index contributed by atoms with van der Waals surface area (Å²) >= 11 is 2.68. The van der Waals surface area contributed by atoms with E-state index in [4.69, 9.17) is 0 Å². The highest BCUT2D eigenvalue weighted by molar-refractivity contribution is 7.99. The van der Waals surface area contributed by atoms with Gasteiger partial charge >= 0.3 is 0 Å². The maximum Gasteiger partial charge on any atom is 0.269 e. The van der Waals surface area contributed by atoms with E-state index in [9.17, 15) is 25.3 Å². The molecule has 3 atom stereocenters. The number of fused-ring (bicyclic) bond motifs is 2. The first-order valence-electron chi connectivity index (χ1n) is 10.8. The molecule has 0 saturated carbocycles. The number of hydrogen-bond donors (Lipinski definition) is 3. The van der Waals surface area contributed by atoms with Gasteiger partial charge in [-0.25, -0.2) is 9.35 Å². The fourth-order valence-corrected chi connectivity index (χ4v) is 5.98. The highest BCUT2D eigenvalue weighted by Crippen LogP contribution is 2.41. The fourth-order valence-electron chi connectivity index (χ4n) is 3.98. The number of aliphatic hydroxyl groups excluding tert-OH is 1. The molecule has 2 aliphatic rings. The van der Waals surface area contributed by atoms with Gasteiger partial charge in [0.2, 0.25) is 10.3 Å². The third kappa shape index (κ3) is 4.21. The van der Waals surface area contributed by atoms with Gasteiger partial charge in [0.25, 0.3) is 11.4 Å². The number of nitro benzene ring substituents is 2. The van der Waals surface area contributed by atoms with Gasteiger partial charge in [0.1, 0.15) is 16.9 Å². The van der Waals surface area contributed by atoms with E-state index in [2.05, 4.69) is 31.2 Å². The molecule has 15 nitrogen and oxygen atoms in total. The highest BCUT2D eigenvalue weighted by Gasteiger charge is 2.33. The lowest BCUT2D eigenvalue weighted by molar-refractivity contribution is -0.385. The van der Waals surface area contributed by atoms with Crippen LogP contribution >= 0.6 is 23.5 Å². The molecule has 0 aliphatic carbocycles. The van der Waals surface area contributed by atoms with E-state index in [1.807, 2.05) is 0 Å². The van der Waals surface area contributed by atoms with Crippen LogP contribution in [0.3, 0.4) is 0 Å². The first-order chi connectivity index (χ1) is 17.9. The lowest BCUT2D eigenvalue weighted by atomic mass is 10.2. The normalized spacial score (nSPS) is 18.5. The molecule has 17 heteroatoms. The Balaban J connectivity index is 1.17. The molecule has 2 aromatic carbocycles. The Morgan fingerprint density at radius 3 is 2.00 bits per heavy atom. The van der Waals surface area contributed by atoms with Crippen molar-refractivity contribution < 1.29 is 15.0 Å². The number of non-ortho nitro benzene ring substituents is 2. The van der Waals surface area contributed by atoms with Crippen molar-refractivity contribution in [3.63, 3.8) is 0 Å². The van der Waals surface area contributed by atoms with Crippen molar-refractivity contribution in [1.82, 2.24) is 29.7 Å². The molecule has 3 N–H and O–H groups in total. The molecule has 0 saturated heterocycles. The smallest absolute Gasteiger partial charge is 0.269 e. The predicted octanol–water partition coefficient (Wildman–Crippen LogP) is 2.66. The molecule has 4 heterocycles. The number of benzene rings is 2. The van der Waals surface area contributed by atoms with Crippen LogP contribution in [0.2, 0.25) is 0 Å². The third-order valence-electron chi connectivity index (χ3n) is 5.74. The summed E-state index contributed by atoms with van der Waals surface area (Å²) in [5.74, 6) is 0.704. The number of nitrogens with zero attached hydrogens (tertiary/aromatic N) is 8. The van der Waals surface area contributed by atoms with Gasteiger partial charge in [0.05, 0.1) is 9.85 Å². The van der Waals surface area contributed by atoms with Crippen LogP contribution < -0.4 is 10.9 Å². The van der Waals surface area contributed by atoms with Crippen LogP contribution in [0.15, 0.2) is 58.8 Å². The molecule has 2 aliphatic heterocycles. The molecular weight excluding hydrogens is 524 g/mol. The van der Waals surface area contributed by atoms with Crippen molar-refractivity contribution >= 4 is 34.9 Å². The number of aliphatic hydroxyl groups is 1. The summed E-state index contributed by atoms with van der Waals surface area (Å²) in [5.41, 5.74) is 7.76. The standard InChI is InChI=1S/C20H16N10O5S2/c31-14(16-22-24-20-28(16)26-18(37-20)11-4-2-6-13(8-11)30(34)35)9-15-21-23-19-27(15)25-17(36-19)10-3-1-5-12(7-10)29(32)33/h1-8,14,17-18,25-26,31H,9H2. The lowest BCUT2D eigenvalue weighted by Gasteiger charge is -2.15. The van der Waals surface area contributed by atoms with Crippen molar-refractivity contribution in [2.75, 3.05) is 10.9 Å². The molecule has 188 valence electrons. The molecule has 0 bridgehead atoms. The molecule has 0 radical (unpaired) electrons. The number of nitro groups is 2. The minimum Gasteiger partial charge on any atom is -0.385 e. The minimum atomic E-state index is -1.09. The van der Waals surface area contributed by atoms with Crippen molar-refractivity contribution in [3.8, 4) is 0 Å². The Labute approximate surface area is 215 Å². The average Bonchev–Trinajstić information content (AvgIpc) is 3.66. The van der Waals surface area contributed by atoms with Crippen LogP contribution in [-0.2, 0) is 6.42 Å². The molecule has 0 amide bonds. The van der Waals surface area contributed by atoms with Crippen LogP contribution in [0.5, 0.6) is 0 Å². The van der Waals surface area contributed by atoms with E-state index in [1.165, 1.54) is 47.8 Å². The van der Waals surface area contributed by atoms with E-state index >= 15 is 0 Å². The van der Waals surface area contributed by atoms with Crippen LogP contribution in [0.25, 0.3) is 0 Å².